The van der Waals surface area contributed by atoms with Crippen molar-refractivity contribution in [2.45, 2.75) is 70.2 Å². The Morgan fingerprint density at radius 3 is 2.87 bits per heavy atom. The SMILES string of the molecule is [2H]C([2H])([2H])n1nnn(-c2cc(Nc3ncc(F)c(N[C@@H]4C[C@@H]5CCCN5C(C)(C)C4)n3)c(F)cc2OC[C@H](C)O)c1=O. The first-order valence-electron chi connectivity index (χ1n) is 14.3. The summed E-state index contributed by atoms with van der Waals surface area (Å²) in [6.45, 7) is 3.69. The summed E-state index contributed by atoms with van der Waals surface area (Å²) >= 11 is 0. The number of piperidine rings is 1. The van der Waals surface area contributed by atoms with Crippen molar-refractivity contribution >= 4 is 17.5 Å². The number of aliphatic hydroxyl groups excluding tert-OH is 1. The minimum absolute atomic E-state index is 0.0296. The largest absolute Gasteiger partial charge is 0.489 e. The van der Waals surface area contributed by atoms with Gasteiger partial charge in [-0.15, -0.1) is 0 Å². The van der Waals surface area contributed by atoms with Gasteiger partial charge in [0.2, 0.25) is 5.95 Å². The second-order valence-corrected chi connectivity index (χ2v) is 10.6. The number of ether oxygens (including phenoxy) is 1. The maximum absolute atomic E-state index is 15.2. The standard InChI is InChI=1S/C25H33F2N9O3/c1-14(37)13-39-21-9-17(26)19(10-20(21)36-24(38)34(4)32-33-36)30-23-28-12-18(27)22(31-23)29-15-8-16-6-5-7-35(16)25(2,3)11-15/h9-10,12,14-16,37H,5-8,11,13H2,1-4H3,(H2,28,29,30,31)/t14-,15+,16-/m0/s1/i4D3. The van der Waals surface area contributed by atoms with Crippen molar-refractivity contribution in [3.8, 4) is 11.4 Å². The predicted octanol–water partition coefficient (Wildman–Crippen LogP) is 2.35. The molecule has 0 unspecified atom stereocenters. The van der Waals surface area contributed by atoms with E-state index in [9.17, 15) is 14.3 Å². The van der Waals surface area contributed by atoms with Crippen molar-refractivity contribution in [2.24, 2.45) is 6.98 Å². The maximum Gasteiger partial charge on any atom is 0.368 e. The molecule has 2 aromatic heterocycles. The number of nitrogens with zero attached hydrogens (tertiary/aromatic N) is 7. The topological polar surface area (TPSA) is 135 Å². The van der Waals surface area contributed by atoms with E-state index in [-0.39, 0.29) is 51.8 Å². The van der Waals surface area contributed by atoms with E-state index in [1.807, 2.05) is 0 Å². The van der Waals surface area contributed by atoms with Gasteiger partial charge in [-0.25, -0.2) is 18.6 Å². The molecule has 2 saturated heterocycles. The first-order chi connectivity index (χ1) is 19.7. The van der Waals surface area contributed by atoms with Gasteiger partial charge in [0, 0.05) is 34.8 Å². The molecule has 1 aromatic carbocycles. The third kappa shape index (κ3) is 5.57. The van der Waals surface area contributed by atoms with Gasteiger partial charge in [-0.3, -0.25) is 4.90 Å². The molecule has 0 radical (unpaired) electrons. The van der Waals surface area contributed by atoms with Gasteiger partial charge in [0.15, 0.2) is 17.5 Å². The number of aliphatic hydroxyl groups is 1. The lowest BCUT2D eigenvalue weighted by molar-refractivity contribution is 0.0500. The minimum atomic E-state index is -2.91. The molecule has 14 heteroatoms. The summed E-state index contributed by atoms with van der Waals surface area (Å²) in [5.74, 6) is -1.88. The smallest absolute Gasteiger partial charge is 0.368 e. The molecule has 0 spiro atoms. The molecule has 3 atom stereocenters. The molecule has 210 valence electrons. The van der Waals surface area contributed by atoms with Crippen LogP contribution in [0, 0.1) is 11.6 Å². The fourth-order valence-electron chi connectivity index (χ4n) is 5.49. The van der Waals surface area contributed by atoms with Crippen molar-refractivity contribution in [2.75, 3.05) is 23.8 Å². The van der Waals surface area contributed by atoms with Gasteiger partial charge in [-0.05, 0) is 69.5 Å². The average Bonchev–Trinajstić information content (AvgIpc) is 3.53. The number of aromatic nitrogens is 6. The van der Waals surface area contributed by atoms with Crippen molar-refractivity contribution in [1.82, 2.24) is 34.7 Å². The molecule has 0 saturated carbocycles. The van der Waals surface area contributed by atoms with E-state index >= 15 is 4.39 Å². The summed E-state index contributed by atoms with van der Waals surface area (Å²) in [6, 6.07) is 2.44. The molecule has 0 aliphatic carbocycles. The van der Waals surface area contributed by atoms with Crippen LogP contribution in [0.3, 0.4) is 0 Å². The highest BCUT2D eigenvalue weighted by Gasteiger charge is 2.43. The Kier molecular flexibility index (Phi) is 6.26. The Morgan fingerprint density at radius 2 is 2.13 bits per heavy atom. The summed E-state index contributed by atoms with van der Waals surface area (Å²) in [6.07, 6.45) is 3.88. The fraction of sp³-hybridized carbons (Fsp3) is 0.560. The third-order valence-corrected chi connectivity index (χ3v) is 7.13. The molecular formula is C25H33F2N9O3. The van der Waals surface area contributed by atoms with E-state index in [2.05, 4.69) is 49.8 Å². The zero-order valence-corrected chi connectivity index (χ0v) is 21.9. The van der Waals surface area contributed by atoms with E-state index in [0.717, 1.165) is 50.6 Å². The molecule has 4 heterocycles. The van der Waals surface area contributed by atoms with Gasteiger partial charge >= 0.3 is 5.69 Å². The van der Waals surface area contributed by atoms with Crippen LogP contribution in [0.5, 0.6) is 5.75 Å². The van der Waals surface area contributed by atoms with Crippen LogP contribution in [0.2, 0.25) is 0 Å². The molecule has 2 aliphatic rings. The second kappa shape index (κ2) is 10.5. The number of fused-ring (bicyclic) bond motifs is 1. The number of nitrogens with one attached hydrogen (secondary N) is 2. The van der Waals surface area contributed by atoms with Gasteiger partial charge in [-0.1, -0.05) is 0 Å². The number of hydrogen-bond donors (Lipinski definition) is 3. The van der Waals surface area contributed by atoms with Gasteiger partial charge in [-0.2, -0.15) is 14.3 Å². The van der Waals surface area contributed by atoms with Crippen molar-refractivity contribution in [3.05, 3.63) is 40.4 Å². The Hall–Kier alpha value is -3.65. The Balaban J connectivity index is 1.44. The van der Waals surface area contributed by atoms with E-state index in [1.54, 1.807) is 0 Å². The summed E-state index contributed by atoms with van der Waals surface area (Å²) in [7, 11) is 0. The molecule has 2 aliphatic heterocycles. The quantitative estimate of drug-likeness (QED) is 0.385. The first-order valence-corrected chi connectivity index (χ1v) is 12.8. The molecule has 39 heavy (non-hydrogen) atoms. The lowest BCUT2D eigenvalue weighted by atomic mass is 9.84. The van der Waals surface area contributed by atoms with Crippen LogP contribution in [0.15, 0.2) is 23.1 Å². The lowest BCUT2D eigenvalue weighted by Crippen LogP contribution is -2.55. The number of aryl methyl sites for hydroxylation is 1. The highest BCUT2D eigenvalue weighted by Crippen LogP contribution is 2.38. The number of hydrogen-bond acceptors (Lipinski definition) is 10. The van der Waals surface area contributed by atoms with Crippen molar-refractivity contribution in [1.29, 1.82) is 0 Å². The average molecular weight is 549 g/mol. The summed E-state index contributed by atoms with van der Waals surface area (Å²) < 4.78 is 58.8. The lowest BCUT2D eigenvalue weighted by Gasteiger charge is -2.47. The molecule has 5 rings (SSSR count). The zero-order valence-electron chi connectivity index (χ0n) is 24.9. The highest BCUT2D eigenvalue weighted by molar-refractivity contribution is 5.63. The second-order valence-electron chi connectivity index (χ2n) is 10.6. The van der Waals surface area contributed by atoms with Gasteiger partial charge in [0.05, 0.1) is 18.0 Å². The Morgan fingerprint density at radius 1 is 1.31 bits per heavy atom. The number of anilines is 3. The van der Waals surface area contributed by atoms with E-state index in [0.29, 0.717) is 10.7 Å². The van der Waals surface area contributed by atoms with Crippen LogP contribution in [0.25, 0.3) is 5.69 Å². The van der Waals surface area contributed by atoms with E-state index < -0.39 is 30.4 Å². The predicted molar refractivity (Wildman–Crippen MR) is 139 cm³/mol. The minimum Gasteiger partial charge on any atom is -0.489 e. The number of halogens is 2. The van der Waals surface area contributed by atoms with Crippen LogP contribution >= 0.6 is 0 Å². The summed E-state index contributed by atoms with van der Waals surface area (Å²) in [5.41, 5.74) is -1.58. The monoisotopic (exact) mass is 548 g/mol. The van der Waals surface area contributed by atoms with Crippen molar-refractivity contribution < 1.29 is 22.7 Å². The van der Waals surface area contributed by atoms with Crippen LogP contribution in [0.4, 0.5) is 26.2 Å². The molecule has 0 bridgehead atoms. The van der Waals surface area contributed by atoms with Gasteiger partial charge in [0.25, 0.3) is 0 Å². The fourth-order valence-corrected chi connectivity index (χ4v) is 5.49. The normalized spacial score (nSPS) is 22.9. The molecule has 0 amide bonds. The van der Waals surface area contributed by atoms with Gasteiger partial charge < -0.3 is 20.5 Å². The van der Waals surface area contributed by atoms with Crippen molar-refractivity contribution in [3.63, 3.8) is 0 Å². The van der Waals surface area contributed by atoms with Crippen LogP contribution < -0.4 is 21.1 Å². The third-order valence-electron chi connectivity index (χ3n) is 7.13. The van der Waals surface area contributed by atoms with Crippen LogP contribution in [-0.2, 0) is 6.98 Å². The molecule has 3 aromatic rings. The van der Waals surface area contributed by atoms with E-state index in [1.165, 1.54) is 6.92 Å². The Bertz CT molecular complexity index is 1510. The first kappa shape index (κ1) is 23.3. The number of benzene rings is 1. The summed E-state index contributed by atoms with van der Waals surface area (Å²) in [4.78, 5) is 23.5. The summed E-state index contributed by atoms with van der Waals surface area (Å²) in [5, 5.41) is 22.5. The molecule has 3 N–H and O–H groups in total. The molecule has 12 nitrogen and oxygen atoms in total. The van der Waals surface area contributed by atoms with Gasteiger partial charge in [0.1, 0.15) is 18.0 Å². The Labute approximate surface area is 228 Å². The number of tetrazole rings is 1. The molecular weight excluding hydrogens is 512 g/mol. The number of rotatable bonds is 8. The molecule has 2 fully saturated rings. The zero-order chi connectivity index (χ0) is 30.4. The van der Waals surface area contributed by atoms with E-state index in [4.69, 9.17) is 8.85 Å². The van der Waals surface area contributed by atoms with Crippen LogP contribution in [-0.4, -0.2) is 76.6 Å². The van der Waals surface area contributed by atoms with Crippen LogP contribution in [0.1, 0.15) is 50.6 Å². The highest BCUT2D eigenvalue weighted by atomic mass is 19.1. The maximum atomic E-state index is 15.2.